The number of phenolic OH excluding ortho intramolecular Hbond substituents is 1. The molecule has 1 heterocycles. The second-order valence-corrected chi connectivity index (χ2v) is 6.77. The van der Waals surface area contributed by atoms with Gasteiger partial charge in [0.1, 0.15) is 18.3 Å². The van der Waals surface area contributed by atoms with Crippen LogP contribution in [0.3, 0.4) is 0 Å². The third kappa shape index (κ3) is 4.71. The maximum Gasteiger partial charge on any atom is 0.341 e. The lowest BCUT2D eigenvalue weighted by molar-refractivity contribution is -0.148. The van der Waals surface area contributed by atoms with Crippen LogP contribution in [0.4, 0.5) is 4.79 Å². The predicted octanol–water partition coefficient (Wildman–Crippen LogP) is 3.38. The molecule has 30 heavy (non-hydrogen) atoms. The summed E-state index contributed by atoms with van der Waals surface area (Å²) in [6.07, 6.45) is 0. The number of phenols is 1. The second kappa shape index (κ2) is 9.30. The fourth-order valence-electron chi connectivity index (χ4n) is 3.26. The molecule has 8 nitrogen and oxygen atoms in total. The number of esters is 1. The zero-order chi connectivity index (χ0) is 21.7. The number of aromatic hydroxyl groups is 1. The van der Waals surface area contributed by atoms with Gasteiger partial charge < -0.3 is 24.6 Å². The number of aliphatic imine (C=N–C) groups is 1. The Morgan fingerprint density at radius 2 is 1.93 bits per heavy atom. The first kappa shape index (κ1) is 21.2. The number of hydrogen-bond acceptors (Lipinski definition) is 6. The van der Waals surface area contributed by atoms with Crippen LogP contribution in [0.2, 0.25) is 0 Å². The zero-order valence-electron chi connectivity index (χ0n) is 17.0. The largest absolute Gasteiger partial charge is 0.504 e. The maximum atomic E-state index is 12.9. The Morgan fingerprint density at radius 3 is 2.60 bits per heavy atom. The summed E-state index contributed by atoms with van der Waals surface area (Å²) in [4.78, 5) is 28.8. The first-order valence-corrected chi connectivity index (χ1v) is 9.54. The summed E-state index contributed by atoms with van der Waals surface area (Å²) in [5.74, 6) is -0.356. The van der Waals surface area contributed by atoms with E-state index in [-0.39, 0.29) is 18.1 Å². The third-order valence-electron chi connectivity index (χ3n) is 4.78. The molecule has 0 saturated heterocycles. The first-order chi connectivity index (χ1) is 14.4. The smallest absolute Gasteiger partial charge is 0.341 e. The van der Waals surface area contributed by atoms with Crippen molar-refractivity contribution in [3.63, 3.8) is 0 Å². The molecule has 8 heteroatoms. The molecule has 2 N–H and O–H groups in total. The Hall–Kier alpha value is -3.55. The summed E-state index contributed by atoms with van der Waals surface area (Å²) >= 11 is 0. The van der Waals surface area contributed by atoms with Gasteiger partial charge in [-0.3, -0.25) is 4.79 Å². The monoisotopic (exact) mass is 412 g/mol. The van der Waals surface area contributed by atoms with Crippen LogP contribution < -0.4 is 14.8 Å². The van der Waals surface area contributed by atoms with Gasteiger partial charge >= 0.3 is 12.0 Å². The minimum atomic E-state index is -0.806. The molecule has 158 valence electrons. The number of rotatable bonds is 7. The Labute approximate surface area is 174 Å². The molecule has 0 saturated carbocycles. The van der Waals surface area contributed by atoms with Gasteiger partial charge in [0.2, 0.25) is 0 Å². The normalized spacial score (nSPS) is 18.2. The van der Waals surface area contributed by atoms with Crippen molar-refractivity contribution in [1.82, 2.24) is 5.32 Å². The third-order valence-corrected chi connectivity index (χ3v) is 4.78. The molecule has 3 rings (SSSR count). The van der Waals surface area contributed by atoms with Gasteiger partial charge in [0.05, 0.1) is 19.8 Å². The van der Waals surface area contributed by atoms with Crippen LogP contribution >= 0.6 is 0 Å². The van der Waals surface area contributed by atoms with Gasteiger partial charge in [-0.15, -0.1) is 0 Å². The van der Waals surface area contributed by atoms with Crippen LogP contribution in [0.5, 0.6) is 17.2 Å². The summed E-state index contributed by atoms with van der Waals surface area (Å²) in [5, 5.41) is 12.7. The van der Waals surface area contributed by atoms with Gasteiger partial charge in [-0.25, -0.2) is 9.79 Å². The average molecular weight is 412 g/mol. The summed E-state index contributed by atoms with van der Waals surface area (Å²) < 4.78 is 16.1. The number of carbonyl (C=O) groups excluding carboxylic acids is 2. The van der Waals surface area contributed by atoms with E-state index in [4.69, 9.17) is 14.2 Å². The van der Waals surface area contributed by atoms with Crippen molar-refractivity contribution in [2.24, 2.45) is 10.9 Å². The number of benzene rings is 2. The Morgan fingerprint density at radius 1 is 1.20 bits per heavy atom. The van der Waals surface area contributed by atoms with E-state index in [9.17, 15) is 14.7 Å². The highest BCUT2D eigenvalue weighted by atomic mass is 16.5. The van der Waals surface area contributed by atoms with Gasteiger partial charge in [-0.2, -0.15) is 0 Å². The Kier molecular flexibility index (Phi) is 6.56. The van der Waals surface area contributed by atoms with Crippen LogP contribution in [0.15, 0.2) is 47.5 Å². The SMILES string of the molecule is CCOc1cc(C2NC(=O)N=C(C)C2C(=O)OCc2ccc(OC)cc2)ccc1O. The van der Waals surface area contributed by atoms with Gasteiger partial charge in [-0.05, 0) is 49.2 Å². The van der Waals surface area contributed by atoms with E-state index >= 15 is 0 Å². The van der Waals surface area contributed by atoms with Crippen LogP contribution in [-0.2, 0) is 16.1 Å². The standard InChI is InChI=1S/C22H24N2O6/c1-4-29-18-11-15(7-10-17(18)25)20-19(13(2)23-22(27)24-20)21(26)30-12-14-5-8-16(28-3)9-6-14/h5-11,19-20,25H,4,12H2,1-3H3,(H,24,27). The quantitative estimate of drug-likeness (QED) is 0.675. The number of ether oxygens (including phenoxy) is 3. The summed E-state index contributed by atoms with van der Waals surface area (Å²) in [6.45, 7) is 3.86. The van der Waals surface area contributed by atoms with E-state index in [1.54, 1.807) is 45.2 Å². The summed E-state index contributed by atoms with van der Waals surface area (Å²) in [6, 6.07) is 10.6. The van der Waals surface area contributed by atoms with E-state index in [0.717, 1.165) is 5.56 Å². The number of carbonyl (C=O) groups is 2. The van der Waals surface area contributed by atoms with E-state index in [1.807, 2.05) is 12.1 Å². The fraction of sp³-hybridized carbons (Fsp3) is 0.318. The van der Waals surface area contributed by atoms with Crippen molar-refractivity contribution < 1.29 is 28.9 Å². The van der Waals surface area contributed by atoms with Crippen LogP contribution in [-0.4, -0.2) is 36.5 Å². The van der Waals surface area contributed by atoms with Gasteiger partial charge in [0, 0.05) is 5.71 Å². The van der Waals surface area contributed by atoms with Gasteiger partial charge in [0.25, 0.3) is 0 Å². The predicted molar refractivity (Wildman–Crippen MR) is 110 cm³/mol. The van der Waals surface area contributed by atoms with Crippen LogP contribution in [0.25, 0.3) is 0 Å². The van der Waals surface area contributed by atoms with Crippen LogP contribution in [0, 0.1) is 5.92 Å². The number of hydrogen-bond donors (Lipinski definition) is 2. The fourth-order valence-corrected chi connectivity index (χ4v) is 3.26. The molecule has 2 amide bonds. The maximum absolute atomic E-state index is 12.9. The lowest BCUT2D eigenvalue weighted by Gasteiger charge is -2.30. The van der Waals surface area contributed by atoms with Gasteiger partial charge in [0.15, 0.2) is 11.5 Å². The molecule has 2 atom stereocenters. The molecule has 2 aromatic carbocycles. The number of nitrogens with zero attached hydrogens (tertiary/aromatic N) is 1. The molecule has 0 aromatic heterocycles. The van der Waals surface area contributed by atoms with Crippen molar-refractivity contribution in [3.8, 4) is 17.2 Å². The molecule has 0 aliphatic carbocycles. The van der Waals surface area contributed by atoms with Crippen molar-refractivity contribution in [2.45, 2.75) is 26.5 Å². The minimum Gasteiger partial charge on any atom is -0.504 e. The molecule has 2 unspecified atom stereocenters. The molecule has 0 fully saturated rings. The van der Waals surface area contributed by atoms with Crippen molar-refractivity contribution in [3.05, 3.63) is 53.6 Å². The lowest BCUT2D eigenvalue weighted by Crippen LogP contribution is -2.44. The molecule has 1 aliphatic rings. The van der Waals surface area contributed by atoms with Crippen molar-refractivity contribution in [2.75, 3.05) is 13.7 Å². The van der Waals surface area contributed by atoms with E-state index < -0.39 is 24.0 Å². The average Bonchev–Trinajstić information content (AvgIpc) is 2.73. The second-order valence-electron chi connectivity index (χ2n) is 6.77. The van der Waals surface area contributed by atoms with Crippen molar-refractivity contribution >= 4 is 17.7 Å². The highest BCUT2D eigenvalue weighted by Gasteiger charge is 2.38. The van der Waals surface area contributed by atoms with Crippen molar-refractivity contribution in [1.29, 1.82) is 0 Å². The molecule has 2 aromatic rings. The number of amides is 2. The number of nitrogens with one attached hydrogen (secondary N) is 1. The highest BCUT2D eigenvalue weighted by Crippen LogP contribution is 2.34. The van der Waals surface area contributed by atoms with E-state index in [1.165, 1.54) is 6.07 Å². The van der Waals surface area contributed by atoms with E-state index in [0.29, 0.717) is 23.6 Å². The molecule has 0 bridgehead atoms. The molecule has 1 aliphatic heterocycles. The number of methoxy groups -OCH3 is 1. The lowest BCUT2D eigenvalue weighted by atomic mass is 9.88. The minimum absolute atomic E-state index is 0.0215. The molecule has 0 radical (unpaired) electrons. The Balaban J connectivity index is 1.82. The highest BCUT2D eigenvalue weighted by molar-refractivity contribution is 6.08. The Bertz CT molecular complexity index is 955. The van der Waals surface area contributed by atoms with Gasteiger partial charge in [-0.1, -0.05) is 18.2 Å². The summed E-state index contributed by atoms with van der Waals surface area (Å²) in [5.41, 5.74) is 1.76. The van der Waals surface area contributed by atoms with E-state index in [2.05, 4.69) is 10.3 Å². The van der Waals surface area contributed by atoms with Crippen LogP contribution in [0.1, 0.15) is 31.0 Å². The summed E-state index contributed by atoms with van der Waals surface area (Å²) in [7, 11) is 1.58. The first-order valence-electron chi connectivity index (χ1n) is 9.54. The topological polar surface area (TPSA) is 106 Å². The number of urea groups is 1. The zero-order valence-corrected chi connectivity index (χ0v) is 17.0. The molecular formula is C22H24N2O6. The molecular weight excluding hydrogens is 388 g/mol. The molecule has 0 spiro atoms.